The molecule has 17 heavy (non-hydrogen) atoms. The minimum absolute atomic E-state index is 0.186. The third-order valence-electron chi connectivity index (χ3n) is 1.68. The Morgan fingerprint density at radius 1 is 1.41 bits per heavy atom. The smallest absolute Gasteiger partial charge is 0.424 e. The van der Waals surface area contributed by atoms with E-state index < -0.39 is 21.9 Å². The lowest BCUT2D eigenvalue weighted by molar-refractivity contribution is 0.0419. The highest BCUT2D eigenvalue weighted by atomic mass is 32.2. The van der Waals surface area contributed by atoms with E-state index in [4.69, 9.17) is 10.5 Å². The molecule has 0 saturated heterocycles. The highest BCUT2D eigenvalue weighted by molar-refractivity contribution is 7.87. The van der Waals surface area contributed by atoms with Crippen molar-refractivity contribution in [2.24, 2.45) is 5.73 Å². The number of carbonyl (C=O) groups excluding carboxylic acids is 1. The van der Waals surface area contributed by atoms with Crippen molar-refractivity contribution >= 4 is 16.3 Å². The third-order valence-corrected chi connectivity index (χ3v) is 3.12. The summed E-state index contributed by atoms with van der Waals surface area (Å²) in [6.07, 6.45) is -0.417. The Labute approximate surface area is 102 Å². The fourth-order valence-electron chi connectivity index (χ4n) is 0.824. The molecule has 0 saturated carbocycles. The van der Waals surface area contributed by atoms with Crippen molar-refractivity contribution < 1.29 is 17.9 Å². The van der Waals surface area contributed by atoms with Crippen molar-refractivity contribution in [2.75, 3.05) is 20.1 Å². The van der Waals surface area contributed by atoms with E-state index in [0.29, 0.717) is 17.3 Å². The first kappa shape index (κ1) is 16.1. The van der Waals surface area contributed by atoms with Gasteiger partial charge in [0.15, 0.2) is 0 Å². The molecule has 0 aliphatic rings. The minimum atomic E-state index is -3.85. The Morgan fingerprint density at radius 3 is 2.35 bits per heavy atom. The van der Waals surface area contributed by atoms with Crippen LogP contribution < -0.4 is 10.5 Å². The summed E-state index contributed by atoms with van der Waals surface area (Å²) in [7, 11) is -2.71. The Kier molecular flexibility index (Phi) is 5.86. The molecule has 7 nitrogen and oxygen atoms in total. The van der Waals surface area contributed by atoms with E-state index in [9.17, 15) is 13.2 Å². The van der Waals surface area contributed by atoms with E-state index in [0.717, 1.165) is 7.05 Å². The molecular formula is C9H21N3O4S. The van der Waals surface area contributed by atoms with Crippen LogP contribution in [-0.2, 0) is 14.9 Å². The third kappa shape index (κ3) is 6.44. The van der Waals surface area contributed by atoms with Gasteiger partial charge in [0.2, 0.25) is 0 Å². The van der Waals surface area contributed by atoms with Crippen LogP contribution in [0.2, 0.25) is 0 Å². The number of ether oxygens (including phenoxy) is 1. The van der Waals surface area contributed by atoms with Crippen molar-refractivity contribution in [3.63, 3.8) is 0 Å². The van der Waals surface area contributed by atoms with Crippen molar-refractivity contribution in [2.45, 2.75) is 32.8 Å². The first-order valence-corrected chi connectivity index (χ1v) is 6.71. The standard InChI is InChI=1S/C9H21N3O4S/c1-9(2,3)16-8(13)12(4)17(14,15)11-7-5-6-10/h11H,5-7,10H2,1-4H3. The zero-order chi connectivity index (χ0) is 13.7. The van der Waals surface area contributed by atoms with Gasteiger partial charge >= 0.3 is 16.3 Å². The zero-order valence-electron chi connectivity index (χ0n) is 10.7. The predicted molar refractivity (Wildman–Crippen MR) is 64.6 cm³/mol. The summed E-state index contributed by atoms with van der Waals surface area (Å²) in [4.78, 5) is 11.5. The van der Waals surface area contributed by atoms with Gasteiger partial charge in [-0.15, -0.1) is 0 Å². The average Bonchev–Trinajstić information content (AvgIpc) is 2.14. The van der Waals surface area contributed by atoms with Gasteiger partial charge in [-0.3, -0.25) is 0 Å². The number of carbonyl (C=O) groups is 1. The topological polar surface area (TPSA) is 102 Å². The summed E-state index contributed by atoms with van der Waals surface area (Å²) in [6, 6.07) is 0. The van der Waals surface area contributed by atoms with Gasteiger partial charge in [0, 0.05) is 13.6 Å². The van der Waals surface area contributed by atoms with Crippen LogP contribution in [0.15, 0.2) is 0 Å². The summed E-state index contributed by atoms with van der Waals surface area (Å²) in [5, 5.41) is 0. The van der Waals surface area contributed by atoms with Crippen LogP contribution in [0.5, 0.6) is 0 Å². The van der Waals surface area contributed by atoms with Crippen LogP contribution in [0.4, 0.5) is 4.79 Å². The molecule has 0 aromatic rings. The second-order valence-electron chi connectivity index (χ2n) is 4.49. The Balaban J connectivity index is 4.47. The first-order chi connectivity index (χ1) is 7.60. The lowest BCUT2D eigenvalue weighted by atomic mass is 10.2. The van der Waals surface area contributed by atoms with Crippen LogP contribution in [-0.4, -0.2) is 44.6 Å². The second kappa shape index (κ2) is 6.18. The average molecular weight is 267 g/mol. The van der Waals surface area contributed by atoms with Crippen molar-refractivity contribution in [1.29, 1.82) is 0 Å². The molecule has 0 atom stereocenters. The van der Waals surface area contributed by atoms with Gasteiger partial charge in [0.25, 0.3) is 0 Å². The molecule has 8 heteroatoms. The van der Waals surface area contributed by atoms with Gasteiger partial charge in [-0.1, -0.05) is 0 Å². The van der Waals surface area contributed by atoms with E-state index in [2.05, 4.69) is 4.72 Å². The van der Waals surface area contributed by atoms with Gasteiger partial charge in [-0.05, 0) is 33.7 Å². The van der Waals surface area contributed by atoms with E-state index in [-0.39, 0.29) is 6.54 Å². The molecule has 1 amide bonds. The van der Waals surface area contributed by atoms with Crippen LogP contribution in [0.25, 0.3) is 0 Å². The van der Waals surface area contributed by atoms with E-state index in [1.54, 1.807) is 20.8 Å². The van der Waals surface area contributed by atoms with Crippen molar-refractivity contribution in [1.82, 2.24) is 9.03 Å². The number of nitrogens with two attached hydrogens (primary N) is 1. The molecule has 0 unspecified atom stereocenters. The van der Waals surface area contributed by atoms with E-state index >= 15 is 0 Å². The van der Waals surface area contributed by atoms with Gasteiger partial charge in [-0.2, -0.15) is 17.4 Å². The fraction of sp³-hybridized carbons (Fsp3) is 0.889. The maximum absolute atomic E-state index is 11.6. The molecule has 0 aliphatic carbocycles. The van der Waals surface area contributed by atoms with Crippen LogP contribution in [0, 0.1) is 0 Å². The van der Waals surface area contributed by atoms with Crippen LogP contribution >= 0.6 is 0 Å². The molecular weight excluding hydrogens is 246 g/mol. The summed E-state index contributed by atoms with van der Waals surface area (Å²) in [5.74, 6) is 0. The maximum Gasteiger partial charge on any atom is 0.424 e. The Hall–Kier alpha value is -0.860. The molecule has 0 heterocycles. The van der Waals surface area contributed by atoms with Gasteiger partial charge in [0.05, 0.1) is 0 Å². The summed E-state index contributed by atoms with van der Waals surface area (Å²) in [6.45, 7) is 5.54. The lowest BCUT2D eigenvalue weighted by Crippen LogP contribution is -2.44. The molecule has 0 bridgehead atoms. The summed E-state index contributed by atoms with van der Waals surface area (Å²) >= 11 is 0. The largest absolute Gasteiger partial charge is 0.443 e. The molecule has 0 aromatic heterocycles. The number of hydrogen-bond donors (Lipinski definition) is 2. The first-order valence-electron chi connectivity index (χ1n) is 5.27. The molecule has 0 radical (unpaired) electrons. The summed E-state index contributed by atoms with van der Waals surface area (Å²) in [5.41, 5.74) is 4.50. The van der Waals surface area contributed by atoms with Crippen LogP contribution in [0.1, 0.15) is 27.2 Å². The van der Waals surface area contributed by atoms with Gasteiger partial charge in [-0.25, -0.2) is 4.79 Å². The van der Waals surface area contributed by atoms with E-state index in [1.807, 2.05) is 0 Å². The Morgan fingerprint density at radius 2 is 1.94 bits per heavy atom. The number of nitrogens with zero attached hydrogens (tertiary/aromatic N) is 1. The van der Waals surface area contributed by atoms with Gasteiger partial charge < -0.3 is 10.5 Å². The molecule has 0 aliphatic heterocycles. The molecule has 102 valence electrons. The molecule has 0 spiro atoms. The number of hydrogen-bond acceptors (Lipinski definition) is 5. The highest BCUT2D eigenvalue weighted by Crippen LogP contribution is 2.10. The van der Waals surface area contributed by atoms with E-state index in [1.165, 1.54) is 0 Å². The normalized spacial score (nSPS) is 12.3. The number of nitrogens with one attached hydrogen (secondary N) is 1. The number of amides is 1. The van der Waals surface area contributed by atoms with Crippen LogP contribution in [0.3, 0.4) is 0 Å². The quantitative estimate of drug-likeness (QED) is 0.685. The fourth-order valence-corrected chi connectivity index (χ4v) is 1.65. The summed E-state index contributed by atoms with van der Waals surface area (Å²) < 4.78 is 30.9. The van der Waals surface area contributed by atoms with Crippen molar-refractivity contribution in [3.05, 3.63) is 0 Å². The van der Waals surface area contributed by atoms with Gasteiger partial charge in [0.1, 0.15) is 5.60 Å². The van der Waals surface area contributed by atoms with Crippen molar-refractivity contribution in [3.8, 4) is 0 Å². The second-order valence-corrected chi connectivity index (χ2v) is 6.28. The molecule has 3 N–H and O–H groups in total. The zero-order valence-corrected chi connectivity index (χ0v) is 11.5. The maximum atomic E-state index is 11.6. The lowest BCUT2D eigenvalue weighted by Gasteiger charge is -2.24. The molecule has 0 aromatic carbocycles. The number of rotatable bonds is 5. The Bertz CT molecular complexity index is 348. The minimum Gasteiger partial charge on any atom is -0.443 e. The molecule has 0 rings (SSSR count). The monoisotopic (exact) mass is 267 g/mol. The SMILES string of the molecule is CN(C(=O)OC(C)(C)C)S(=O)(=O)NCCCN. The highest BCUT2D eigenvalue weighted by Gasteiger charge is 2.27. The predicted octanol–water partition coefficient (Wildman–Crippen LogP) is 0.0365. The molecule has 0 fully saturated rings.